The number of aliphatic hydroxyl groups is 1. The number of aliphatic hydroxyl groups excluding tert-OH is 1. The van der Waals surface area contributed by atoms with E-state index >= 15 is 0 Å². The highest BCUT2D eigenvalue weighted by Crippen LogP contribution is 2.30. The average Bonchev–Trinajstić information content (AvgIpc) is 3.43. The fourth-order valence-corrected chi connectivity index (χ4v) is 8.28. The van der Waals surface area contributed by atoms with Gasteiger partial charge in [-0.15, -0.1) is 0 Å². The molecular formula is C34H48N4O10S2. The minimum Gasteiger partial charge on any atom is -0.497 e. The molecule has 16 heteroatoms. The maximum absolute atomic E-state index is 14.4. The zero-order chi connectivity index (χ0) is 36.8. The third-order valence-corrected chi connectivity index (χ3v) is 12.2. The Hall–Kier alpha value is -3.70. The van der Waals surface area contributed by atoms with E-state index < -0.39 is 44.0 Å². The number of hydrogen-bond acceptors (Lipinski definition) is 11. The number of sulfonamides is 2. The van der Waals surface area contributed by atoms with Gasteiger partial charge in [0.2, 0.25) is 10.0 Å². The first-order valence-corrected chi connectivity index (χ1v) is 19.4. The van der Waals surface area contributed by atoms with Crippen molar-refractivity contribution in [2.75, 3.05) is 45.2 Å². The predicted molar refractivity (Wildman–Crippen MR) is 186 cm³/mol. The van der Waals surface area contributed by atoms with Gasteiger partial charge in [-0.2, -0.15) is 4.31 Å². The lowest BCUT2D eigenvalue weighted by Gasteiger charge is -2.35. The van der Waals surface area contributed by atoms with Gasteiger partial charge in [-0.3, -0.25) is 9.52 Å². The molecule has 0 fully saturated rings. The zero-order valence-electron chi connectivity index (χ0n) is 29.6. The van der Waals surface area contributed by atoms with Crippen LogP contribution in [0.3, 0.4) is 0 Å². The number of hydrogen-bond donors (Lipinski definition) is 2. The Bertz CT molecular complexity index is 1810. The Labute approximate surface area is 294 Å². The number of aromatic nitrogens is 1. The monoisotopic (exact) mass is 736 g/mol. The number of nitrogens with zero attached hydrogens (tertiary/aromatic N) is 3. The molecule has 50 heavy (non-hydrogen) atoms. The number of ether oxygens (including phenoxy) is 3. The number of fused-ring (bicyclic) bond motifs is 1. The van der Waals surface area contributed by atoms with Crippen molar-refractivity contribution in [3.05, 3.63) is 59.5 Å². The summed E-state index contributed by atoms with van der Waals surface area (Å²) in [5.74, 6) is 0.0500. The molecule has 1 aromatic heterocycles. The molecule has 2 heterocycles. The molecule has 2 aromatic carbocycles. The van der Waals surface area contributed by atoms with Gasteiger partial charge >= 0.3 is 0 Å². The topological polar surface area (TPSA) is 178 Å². The second kappa shape index (κ2) is 16.5. The SMILES string of the molecule is COc1ccc(S(=O)(=O)Nc2ccc3c(c2)C(=O)N([C@H](C)CO)C[C@H](C)[C@@H](CN(C)S(=O)(=O)c2c(C)noc2C)OCCCC[C@H](C)O3)cc1. The highest BCUT2D eigenvalue weighted by Gasteiger charge is 2.34. The van der Waals surface area contributed by atoms with Gasteiger partial charge in [0.25, 0.3) is 15.9 Å². The molecule has 1 aliphatic heterocycles. The van der Waals surface area contributed by atoms with Crippen molar-refractivity contribution in [1.29, 1.82) is 0 Å². The molecule has 1 aliphatic rings. The van der Waals surface area contributed by atoms with Crippen LogP contribution in [0.2, 0.25) is 0 Å². The molecule has 14 nitrogen and oxygen atoms in total. The predicted octanol–water partition coefficient (Wildman–Crippen LogP) is 4.22. The van der Waals surface area contributed by atoms with E-state index in [0.29, 0.717) is 25.2 Å². The third-order valence-electron chi connectivity index (χ3n) is 8.75. The first kappa shape index (κ1) is 39.1. The number of rotatable bonds is 10. The Kier molecular flexibility index (Phi) is 12.9. The van der Waals surface area contributed by atoms with E-state index in [9.17, 15) is 26.7 Å². The molecule has 0 bridgehead atoms. The molecule has 1 amide bonds. The Morgan fingerprint density at radius 3 is 2.42 bits per heavy atom. The van der Waals surface area contributed by atoms with Crippen molar-refractivity contribution >= 4 is 31.6 Å². The van der Waals surface area contributed by atoms with Gasteiger partial charge in [-0.05, 0) is 89.4 Å². The molecule has 3 aromatic rings. The maximum atomic E-state index is 14.4. The molecular weight excluding hydrogens is 689 g/mol. The summed E-state index contributed by atoms with van der Waals surface area (Å²) < 4.78 is 80.2. The van der Waals surface area contributed by atoms with Gasteiger partial charge < -0.3 is 28.7 Å². The minimum atomic E-state index is -4.03. The summed E-state index contributed by atoms with van der Waals surface area (Å²) in [7, 11) is -5.06. The lowest BCUT2D eigenvalue weighted by molar-refractivity contribution is -0.00835. The van der Waals surface area contributed by atoms with Crippen molar-refractivity contribution < 1.29 is 45.5 Å². The van der Waals surface area contributed by atoms with E-state index in [0.717, 1.165) is 6.42 Å². The Morgan fingerprint density at radius 2 is 1.80 bits per heavy atom. The van der Waals surface area contributed by atoms with Crippen molar-refractivity contribution in [3.8, 4) is 11.5 Å². The van der Waals surface area contributed by atoms with Crippen LogP contribution in [0.15, 0.2) is 56.8 Å². The van der Waals surface area contributed by atoms with Crippen LogP contribution in [0.1, 0.15) is 61.8 Å². The second-order valence-corrected chi connectivity index (χ2v) is 16.4. The largest absolute Gasteiger partial charge is 0.497 e. The fourth-order valence-electron chi connectivity index (χ4n) is 5.77. The molecule has 0 radical (unpaired) electrons. The summed E-state index contributed by atoms with van der Waals surface area (Å²) in [4.78, 5) is 15.9. The average molecular weight is 737 g/mol. The molecule has 2 N–H and O–H groups in total. The van der Waals surface area contributed by atoms with E-state index in [1.54, 1.807) is 26.8 Å². The van der Waals surface area contributed by atoms with Crippen LogP contribution in [0.5, 0.6) is 11.5 Å². The molecule has 0 saturated heterocycles. The van der Waals surface area contributed by atoms with E-state index in [-0.39, 0.29) is 64.0 Å². The minimum absolute atomic E-state index is 0.00302. The zero-order valence-corrected chi connectivity index (χ0v) is 31.2. The van der Waals surface area contributed by atoms with Gasteiger partial charge in [-0.1, -0.05) is 12.1 Å². The summed E-state index contributed by atoms with van der Waals surface area (Å²) >= 11 is 0. The summed E-state index contributed by atoms with van der Waals surface area (Å²) in [6.45, 7) is 8.61. The smallest absolute Gasteiger partial charge is 0.261 e. The standard InChI is InChI=1S/C34H48N4O10S2/c1-22-19-38(23(2)21-39)34(40)30-18-27(36-49(41,42)29-14-12-28(45-7)13-15-29)11-16-31(30)47-24(3)10-8-9-17-46-32(22)20-37(6)50(43,44)33-25(4)35-48-26(33)5/h11-16,18,22-24,32,36,39H,8-10,17,19-21H2,1-7H3/t22-,23+,24-,32+/m0/s1. The summed E-state index contributed by atoms with van der Waals surface area (Å²) in [5.41, 5.74) is 0.498. The van der Waals surface area contributed by atoms with Crippen molar-refractivity contribution in [2.24, 2.45) is 5.92 Å². The Balaban J connectivity index is 1.68. The van der Waals surface area contributed by atoms with Crippen LogP contribution < -0.4 is 14.2 Å². The maximum Gasteiger partial charge on any atom is 0.261 e. The van der Waals surface area contributed by atoms with Gasteiger partial charge in [0.05, 0.1) is 42.4 Å². The first-order valence-electron chi connectivity index (χ1n) is 16.5. The van der Waals surface area contributed by atoms with Crippen molar-refractivity contribution in [2.45, 2.75) is 81.9 Å². The van der Waals surface area contributed by atoms with Crippen LogP contribution in [0, 0.1) is 19.8 Å². The highest BCUT2D eigenvalue weighted by molar-refractivity contribution is 7.92. The summed E-state index contributed by atoms with van der Waals surface area (Å²) in [5, 5.41) is 14.0. The molecule has 0 unspecified atom stereocenters. The summed E-state index contributed by atoms with van der Waals surface area (Å²) in [6, 6.07) is 9.76. The van der Waals surface area contributed by atoms with Crippen LogP contribution in [-0.4, -0.2) is 101 Å². The second-order valence-electron chi connectivity index (χ2n) is 12.7. The molecule has 0 saturated carbocycles. The van der Waals surface area contributed by atoms with E-state index in [1.807, 2.05) is 13.8 Å². The number of nitrogens with one attached hydrogen (secondary N) is 1. The molecule has 0 aliphatic carbocycles. The van der Waals surface area contributed by atoms with Gasteiger partial charge in [-0.25, -0.2) is 16.8 Å². The molecule has 0 spiro atoms. The molecule has 276 valence electrons. The van der Waals surface area contributed by atoms with Crippen LogP contribution >= 0.6 is 0 Å². The number of amides is 1. The number of carbonyl (C=O) groups excluding carboxylic acids is 1. The quantitative estimate of drug-likeness (QED) is 0.305. The lowest BCUT2D eigenvalue weighted by atomic mass is 10.0. The van der Waals surface area contributed by atoms with Gasteiger partial charge in [0.15, 0.2) is 5.76 Å². The van der Waals surface area contributed by atoms with Gasteiger partial charge in [0, 0.05) is 38.3 Å². The number of likely N-dealkylation sites (N-methyl/N-ethyl adjacent to an activating group) is 1. The van der Waals surface area contributed by atoms with Gasteiger partial charge in [0.1, 0.15) is 22.1 Å². The first-order chi connectivity index (χ1) is 23.6. The number of carbonyl (C=O) groups is 1. The van der Waals surface area contributed by atoms with E-state index in [2.05, 4.69) is 9.88 Å². The van der Waals surface area contributed by atoms with E-state index in [4.69, 9.17) is 18.7 Å². The highest BCUT2D eigenvalue weighted by atomic mass is 32.2. The summed E-state index contributed by atoms with van der Waals surface area (Å²) in [6.07, 6.45) is 1.14. The number of anilines is 1. The Morgan fingerprint density at radius 1 is 1.10 bits per heavy atom. The van der Waals surface area contributed by atoms with Crippen LogP contribution in [0.25, 0.3) is 0 Å². The molecule has 4 rings (SSSR count). The van der Waals surface area contributed by atoms with Crippen LogP contribution in [-0.2, 0) is 24.8 Å². The van der Waals surface area contributed by atoms with Crippen molar-refractivity contribution in [3.63, 3.8) is 0 Å². The third kappa shape index (κ3) is 9.15. The lowest BCUT2D eigenvalue weighted by Crippen LogP contribution is -2.48. The number of aryl methyl sites for hydroxylation is 2. The number of benzene rings is 2. The van der Waals surface area contributed by atoms with Crippen LogP contribution in [0.4, 0.5) is 5.69 Å². The number of methoxy groups -OCH3 is 1. The van der Waals surface area contributed by atoms with E-state index in [1.165, 1.54) is 59.8 Å². The normalized spacial score (nSPS) is 20.5. The van der Waals surface area contributed by atoms with Crippen molar-refractivity contribution in [1.82, 2.24) is 14.4 Å². The molecule has 4 atom stereocenters. The fraction of sp³-hybridized carbons (Fsp3) is 0.529.